The molecular formula is C18H20N2OS. The van der Waals surface area contributed by atoms with Crippen molar-refractivity contribution in [1.29, 1.82) is 0 Å². The summed E-state index contributed by atoms with van der Waals surface area (Å²) in [5.41, 5.74) is 10.4. The van der Waals surface area contributed by atoms with Crippen molar-refractivity contribution in [3.8, 4) is 0 Å². The fourth-order valence-corrected chi connectivity index (χ4v) is 4.80. The van der Waals surface area contributed by atoms with Crippen LogP contribution in [0, 0.1) is 0 Å². The third-order valence-electron chi connectivity index (χ3n) is 4.90. The number of carbonyl (C=O) groups is 1. The normalized spacial score (nSPS) is 20.4. The van der Waals surface area contributed by atoms with Gasteiger partial charge in [-0.3, -0.25) is 4.79 Å². The van der Waals surface area contributed by atoms with Crippen molar-refractivity contribution in [3.05, 3.63) is 45.6 Å². The molecule has 4 heteroatoms. The van der Waals surface area contributed by atoms with Crippen LogP contribution in [0.4, 0.5) is 11.4 Å². The van der Waals surface area contributed by atoms with Crippen molar-refractivity contribution in [2.75, 3.05) is 17.2 Å². The zero-order chi connectivity index (χ0) is 15.1. The second-order valence-electron chi connectivity index (χ2n) is 6.18. The van der Waals surface area contributed by atoms with E-state index < -0.39 is 0 Å². The zero-order valence-corrected chi connectivity index (χ0v) is 13.4. The molecule has 1 unspecified atom stereocenters. The molecule has 2 aliphatic rings. The van der Waals surface area contributed by atoms with Gasteiger partial charge < -0.3 is 10.6 Å². The summed E-state index contributed by atoms with van der Waals surface area (Å²) >= 11 is 1.79. The van der Waals surface area contributed by atoms with Crippen LogP contribution < -0.4 is 10.6 Å². The first-order chi connectivity index (χ1) is 10.8. The number of benzene rings is 1. The van der Waals surface area contributed by atoms with Crippen LogP contribution in [0.15, 0.2) is 29.6 Å². The Bertz CT molecular complexity index is 722. The van der Waals surface area contributed by atoms with E-state index in [1.807, 2.05) is 23.1 Å². The van der Waals surface area contributed by atoms with Gasteiger partial charge >= 0.3 is 0 Å². The van der Waals surface area contributed by atoms with Gasteiger partial charge in [0.05, 0.1) is 5.92 Å². The molecule has 1 aliphatic carbocycles. The number of nitrogens with two attached hydrogens (primary N) is 1. The molecule has 1 aromatic heterocycles. The van der Waals surface area contributed by atoms with Crippen LogP contribution in [-0.4, -0.2) is 12.5 Å². The number of thiophene rings is 1. The molecule has 4 rings (SSSR count). The van der Waals surface area contributed by atoms with Crippen LogP contribution in [0.1, 0.15) is 41.2 Å². The molecule has 0 bridgehead atoms. The van der Waals surface area contributed by atoms with Crippen LogP contribution in [0.3, 0.4) is 0 Å². The second kappa shape index (κ2) is 5.43. The number of hydrogen-bond acceptors (Lipinski definition) is 3. The van der Waals surface area contributed by atoms with E-state index >= 15 is 0 Å². The molecule has 1 amide bonds. The summed E-state index contributed by atoms with van der Waals surface area (Å²) in [5.74, 6) is 0.285. The number of aryl methyl sites for hydroxylation is 1. The molecule has 2 heterocycles. The summed E-state index contributed by atoms with van der Waals surface area (Å²) in [6, 6.07) is 8.08. The van der Waals surface area contributed by atoms with Gasteiger partial charge in [-0.15, -0.1) is 11.3 Å². The first-order valence-corrected chi connectivity index (χ1v) is 8.88. The lowest BCUT2D eigenvalue weighted by molar-refractivity contribution is -0.120. The summed E-state index contributed by atoms with van der Waals surface area (Å²) in [6.07, 6.45) is 5.18. The van der Waals surface area contributed by atoms with Crippen LogP contribution in [-0.2, 0) is 17.6 Å². The maximum atomic E-state index is 13.2. The van der Waals surface area contributed by atoms with Gasteiger partial charge in [0.1, 0.15) is 0 Å². The van der Waals surface area contributed by atoms with Gasteiger partial charge in [-0.05, 0) is 66.8 Å². The van der Waals surface area contributed by atoms with Gasteiger partial charge in [0.25, 0.3) is 0 Å². The van der Waals surface area contributed by atoms with E-state index in [1.54, 1.807) is 11.3 Å². The molecule has 0 saturated heterocycles. The van der Waals surface area contributed by atoms with Crippen LogP contribution >= 0.6 is 11.3 Å². The number of rotatable bonds is 1. The Kier molecular flexibility index (Phi) is 3.41. The lowest BCUT2D eigenvalue weighted by Gasteiger charge is -2.34. The average molecular weight is 312 g/mol. The van der Waals surface area contributed by atoms with E-state index in [0.717, 1.165) is 55.6 Å². The predicted molar refractivity (Wildman–Crippen MR) is 91.5 cm³/mol. The Balaban J connectivity index is 1.70. The molecule has 0 saturated carbocycles. The molecule has 22 heavy (non-hydrogen) atoms. The maximum Gasteiger partial charge on any atom is 0.234 e. The number of carbonyl (C=O) groups excluding carboxylic acids is 1. The summed E-state index contributed by atoms with van der Waals surface area (Å²) in [5, 5.41) is 2.12. The third kappa shape index (κ3) is 2.13. The van der Waals surface area contributed by atoms with Crippen LogP contribution in [0.5, 0.6) is 0 Å². The molecule has 2 aromatic rings. The average Bonchev–Trinajstić information content (AvgIpc) is 3.03. The van der Waals surface area contributed by atoms with E-state index in [4.69, 9.17) is 5.73 Å². The minimum atomic E-state index is 0.0300. The summed E-state index contributed by atoms with van der Waals surface area (Å²) in [4.78, 5) is 16.6. The quantitative estimate of drug-likeness (QED) is 0.816. The summed E-state index contributed by atoms with van der Waals surface area (Å²) in [7, 11) is 0. The van der Waals surface area contributed by atoms with Crippen LogP contribution in [0.25, 0.3) is 0 Å². The fraction of sp³-hybridized carbons (Fsp3) is 0.389. The van der Waals surface area contributed by atoms with Gasteiger partial charge in [-0.25, -0.2) is 0 Å². The van der Waals surface area contributed by atoms with E-state index in [1.165, 1.54) is 10.4 Å². The van der Waals surface area contributed by atoms with Crippen LogP contribution in [0.2, 0.25) is 0 Å². The van der Waals surface area contributed by atoms with Crippen molar-refractivity contribution in [3.63, 3.8) is 0 Å². The minimum absolute atomic E-state index is 0.0300. The molecule has 114 valence electrons. The Morgan fingerprint density at radius 2 is 2.14 bits per heavy atom. The minimum Gasteiger partial charge on any atom is -0.398 e. The molecular weight excluding hydrogens is 292 g/mol. The van der Waals surface area contributed by atoms with Crippen molar-refractivity contribution in [2.24, 2.45) is 0 Å². The molecule has 0 radical (unpaired) electrons. The number of nitrogens with zero attached hydrogens (tertiary/aromatic N) is 1. The lowest BCUT2D eigenvalue weighted by atomic mass is 9.86. The van der Waals surface area contributed by atoms with E-state index in [0.29, 0.717) is 0 Å². The summed E-state index contributed by atoms with van der Waals surface area (Å²) in [6.45, 7) is 0.811. The van der Waals surface area contributed by atoms with Crippen molar-refractivity contribution < 1.29 is 4.79 Å². The molecule has 0 fully saturated rings. The van der Waals surface area contributed by atoms with Gasteiger partial charge in [-0.1, -0.05) is 6.07 Å². The number of fused-ring (bicyclic) bond motifs is 2. The van der Waals surface area contributed by atoms with Gasteiger partial charge in [0.2, 0.25) is 5.91 Å². The largest absolute Gasteiger partial charge is 0.398 e. The Morgan fingerprint density at radius 3 is 3.05 bits per heavy atom. The molecule has 1 atom stereocenters. The van der Waals surface area contributed by atoms with Crippen molar-refractivity contribution >= 4 is 28.6 Å². The number of nitrogen functional groups attached to an aromatic ring is 1. The first-order valence-electron chi connectivity index (χ1n) is 8.00. The predicted octanol–water partition coefficient (Wildman–Crippen LogP) is 3.73. The Hall–Kier alpha value is -1.81. The lowest BCUT2D eigenvalue weighted by Crippen LogP contribution is -2.39. The fourth-order valence-electron chi connectivity index (χ4n) is 3.81. The second-order valence-corrected chi connectivity index (χ2v) is 7.18. The number of amides is 1. The molecule has 0 spiro atoms. The molecule has 3 nitrogen and oxygen atoms in total. The van der Waals surface area contributed by atoms with E-state index in [-0.39, 0.29) is 11.8 Å². The highest BCUT2D eigenvalue weighted by Gasteiger charge is 2.33. The molecule has 1 aromatic carbocycles. The Labute approximate surface area is 134 Å². The third-order valence-corrected chi connectivity index (χ3v) is 5.90. The van der Waals surface area contributed by atoms with Gasteiger partial charge in [0.15, 0.2) is 0 Å². The highest BCUT2D eigenvalue weighted by molar-refractivity contribution is 7.10. The zero-order valence-electron chi connectivity index (χ0n) is 12.5. The molecule has 2 N–H and O–H groups in total. The Morgan fingerprint density at radius 1 is 1.23 bits per heavy atom. The maximum absolute atomic E-state index is 13.2. The number of anilines is 2. The van der Waals surface area contributed by atoms with Crippen molar-refractivity contribution in [2.45, 2.75) is 38.0 Å². The topological polar surface area (TPSA) is 46.3 Å². The van der Waals surface area contributed by atoms with Gasteiger partial charge in [0, 0.05) is 22.8 Å². The highest BCUT2D eigenvalue weighted by atomic mass is 32.1. The smallest absolute Gasteiger partial charge is 0.234 e. The van der Waals surface area contributed by atoms with Crippen molar-refractivity contribution in [1.82, 2.24) is 0 Å². The monoisotopic (exact) mass is 312 g/mol. The highest BCUT2D eigenvalue weighted by Crippen LogP contribution is 2.39. The first kappa shape index (κ1) is 13.8. The molecule has 1 aliphatic heterocycles. The standard InChI is InChI=1S/C18H20N2OS/c19-15-6-2-7-16-14(15)5-3-10-20(16)18(21)13-4-1-8-17-12(13)9-11-22-17/h2,6-7,9,11,13H,1,3-5,8,10,19H2. The number of hydrogen-bond donors (Lipinski definition) is 1. The van der Waals surface area contributed by atoms with E-state index in [9.17, 15) is 4.79 Å². The summed E-state index contributed by atoms with van der Waals surface area (Å²) < 4.78 is 0. The SMILES string of the molecule is Nc1cccc2c1CCCN2C(=O)C1CCCc2sccc21. The van der Waals surface area contributed by atoms with Gasteiger partial charge in [-0.2, -0.15) is 0 Å². The van der Waals surface area contributed by atoms with E-state index in [2.05, 4.69) is 11.4 Å².